The smallest absolute Gasteiger partial charge is 0.224 e. The zero-order chi connectivity index (χ0) is 18.9. The molecule has 0 fully saturated rings. The third-order valence-electron chi connectivity index (χ3n) is 4.07. The van der Waals surface area contributed by atoms with E-state index in [4.69, 9.17) is 18.9 Å². The number of carbonyl (C=O) groups is 1. The van der Waals surface area contributed by atoms with Gasteiger partial charge in [0.25, 0.3) is 0 Å². The number of amides is 1. The van der Waals surface area contributed by atoms with Crippen LogP contribution >= 0.6 is 0 Å². The summed E-state index contributed by atoms with van der Waals surface area (Å²) in [6.07, 6.45) is -0.0524. The van der Waals surface area contributed by atoms with Gasteiger partial charge in [-0.2, -0.15) is 0 Å². The van der Waals surface area contributed by atoms with E-state index in [1.807, 2.05) is 30.3 Å². The second-order valence-corrected chi connectivity index (χ2v) is 5.64. The van der Waals surface area contributed by atoms with E-state index in [1.165, 1.54) is 0 Å². The molecular formula is C20H25NO5. The number of carbonyl (C=O) groups excluding carboxylic acids is 1. The standard InChI is InChI=1S/C20H25NO5/c1-23-16-8-6-5-7-15(16)19(26-4)13-21-20(22)12-14-9-10-17(24-2)18(11-14)25-3/h5-11,19H,12-13H2,1-4H3,(H,21,22)/t19-/m0/s1. The lowest BCUT2D eigenvalue weighted by Crippen LogP contribution is -2.30. The monoisotopic (exact) mass is 359 g/mol. The third kappa shape index (κ3) is 4.89. The highest BCUT2D eigenvalue weighted by Crippen LogP contribution is 2.28. The first-order chi connectivity index (χ1) is 12.6. The molecule has 26 heavy (non-hydrogen) atoms. The van der Waals surface area contributed by atoms with Gasteiger partial charge in [-0.3, -0.25) is 4.79 Å². The maximum atomic E-state index is 12.3. The summed E-state index contributed by atoms with van der Waals surface area (Å²) in [5, 5.41) is 2.91. The number of methoxy groups -OCH3 is 4. The molecule has 2 aromatic rings. The first-order valence-corrected chi connectivity index (χ1v) is 8.26. The fourth-order valence-electron chi connectivity index (χ4n) is 2.70. The minimum absolute atomic E-state index is 0.103. The van der Waals surface area contributed by atoms with Crippen LogP contribution in [0.15, 0.2) is 42.5 Å². The van der Waals surface area contributed by atoms with E-state index in [0.29, 0.717) is 18.0 Å². The Morgan fingerprint density at radius 1 is 0.923 bits per heavy atom. The predicted octanol–water partition coefficient (Wildman–Crippen LogP) is 2.76. The van der Waals surface area contributed by atoms with Crippen LogP contribution in [0.2, 0.25) is 0 Å². The van der Waals surface area contributed by atoms with E-state index in [1.54, 1.807) is 40.6 Å². The molecule has 0 spiro atoms. The van der Waals surface area contributed by atoms with Crippen LogP contribution in [-0.4, -0.2) is 40.9 Å². The van der Waals surface area contributed by atoms with Crippen LogP contribution in [-0.2, 0) is 16.0 Å². The topological polar surface area (TPSA) is 66.0 Å². The zero-order valence-electron chi connectivity index (χ0n) is 15.6. The molecule has 2 aromatic carbocycles. The van der Waals surface area contributed by atoms with Gasteiger partial charge in [0.15, 0.2) is 11.5 Å². The van der Waals surface area contributed by atoms with E-state index < -0.39 is 0 Å². The van der Waals surface area contributed by atoms with Crippen LogP contribution in [0.3, 0.4) is 0 Å². The number of benzene rings is 2. The van der Waals surface area contributed by atoms with E-state index in [0.717, 1.165) is 16.9 Å². The highest BCUT2D eigenvalue weighted by atomic mass is 16.5. The Labute approximate surface area is 154 Å². The Morgan fingerprint density at radius 2 is 1.62 bits per heavy atom. The molecule has 0 aliphatic carbocycles. The van der Waals surface area contributed by atoms with Crippen LogP contribution in [0.4, 0.5) is 0 Å². The fourth-order valence-corrected chi connectivity index (χ4v) is 2.70. The van der Waals surface area contributed by atoms with Crippen LogP contribution < -0.4 is 19.5 Å². The first kappa shape index (κ1) is 19.6. The number of hydrogen-bond donors (Lipinski definition) is 1. The van der Waals surface area contributed by atoms with Gasteiger partial charge in [0.2, 0.25) is 5.91 Å². The maximum absolute atomic E-state index is 12.3. The highest BCUT2D eigenvalue weighted by molar-refractivity contribution is 5.78. The van der Waals surface area contributed by atoms with Crippen molar-refractivity contribution in [1.82, 2.24) is 5.32 Å². The van der Waals surface area contributed by atoms with E-state index in [2.05, 4.69) is 5.32 Å². The summed E-state index contributed by atoms with van der Waals surface area (Å²) in [5.41, 5.74) is 1.73. The molecule has 140 valence electrons. The van der Waals surface area contributed by atoms with Gasteiger partial charge in [0.05, 0.1) is 27.8 Å². The van der Waals surface area contributed by atoms with Crippen molar-refractivity contribution in [2.75, 3.05) is 35.0 Å². The van der Waals surface area contributed by atoms with Gasteiger partial charge in [-0.05, 0) is 23.8 Å². The van der Waals surface area contributed by atoms with Gasteiger partial charge in [0, 0.05) is 19.2 Å². The van der Waals surface area contributed by atoms with Crippen molar-refractivity contribution in [2.45, 2.75) is 12.5 Å². The molecule has 6 heteroatoms. The Hall–Kier alpha value is -2.73. The molecule has 0 radical (unpaired) electrons. The molecule has 0 unspecified atom stereocenters. The largest absolute Gasteiger partial charge is 0.496 e. The summed E-state index contributed by atoms with van der Waals surface area (Å²) in [6, 6.07) is 13.0. The average molecular weight is 359 g/mol. The second kappa shape index (κ2) is 9.68. The lowest BCUT2D eigenvalue weighted by atomic mass is 10.1. The van der Waals surface area contributed by atoms with Gasteiger partial charge in [0.1, 0.15) is 11.9 Å². The normalized spacial score (nSPS) is 11.5. The molecule has 0 heterocycles. The van der Waals surface area contributed by atoms with Gasteiger partial charge in [-0.25, -0.2) is 0 Å². The third-order valence-corrected chi connectivity index (χ3v) is 4.07. The minimum Gasteiger partial charge on any atom is -0.496 e. The number of rotatable bonds is 9. The number of nitrogens with one attached hydrogen (secondary N) is 1. The quantitative estimate of drug-likeness (QED) is 0.746. The van der Waals surface area contributed by atoms with E-state index >= 15 is 0 Å². The molecule has 1 N–H and O–H groups in total. The van der Waals surface area contributed by atoms with Crippen molar-refractivity contribution in [3.8, 4) is 17.2 Å². The van der Waals surface area contributed by atoms with Gasteiger partial charge in [-0.1, -0.05) is 24.3 Å². The molecule has 0 saturated heterocycles. The second-order valence-electron chi connectivity index (χ2n) is 5.64. The lowest BCUT2D eigenvalue weighted by molar-refractivity contribution is -0.121. The van der Waals surface area contributed by atoms with Gasteiger partial charge < -0.3 is 24.3 Å². The summed E-state index contributed by atoms with van der Waals surface area (Å²) in [5.74, 6) is 1.86. The fraction of sp³-hybridized carbons (Fsp3) is 0.350. The summed E-state index contributed by atoms with van der Waals surface area (Å²) < 4.78 is 21.3. The number of hydrogen-bond acceptors (Lipinski definition) is 5. The van der Waals surface area contributed by atoms with Crippen LogP contribution in [0.25, 0.3) is 0 Å². The molecule has 0 aromatic heterocycles. The Morgan fingerprint density at radius 3 is 2.27 bits per heavy atom. The molecular weight excluding hydrogens is 334 g/mol. The summed E-state index contributed by atoms with van der Waals surface area (Å²) >= 11 is 0. The molecule has 2 rings (SSSR count). The Balaban J connectivity index is 1.99. The average Bonchev–Trinajstić information content (AvgIpc) is 2.68. The first-order valence-electron chi connectivity index (χ1n) is 8.26. The zero-order valence-corrected chi connectivity index (χ0v) is 15.6. The van der Waals surface area contributed by atoms with E-state index in [9.17, 15) is 4.79 Å². The van der Waals surface area contributed by atoms with Crippen molar-refractivity contribution in [3.05, 3.63) is 53.6 Å². The van der Waals surface area contributed by atoms with Crippen LogP contribution in [0.1, 0.15) is 17.2 Å². The molecule has 0 bridgehead atoms. The molecule has 0 saturated carbocycles. The van der Waals surface area contributed by atoms with Crippen LogP contribution in [0.5, 0.6) is 17.2 Å². The van der Waals surface area contributed by atoms with Crippen molar-refractivity contribution in [2.24, 2.45) is 0 Å². The molecule has 0 aliphatic heterocycles. The van der Waals surface area contributed by atoms with Crippen molar-refractivity contribution < 1.29 is 23.7 Å². The predicted molar refractivity (Wildman–Crippen MR) is 99.0 cm³/mol. The Bertz CT molecular complexity index is 732. The van der Waals surface area contributed by atoms with Crippen molar-refractivity contribution in [1.29, 1.82) is 0 Å². The summed E-state index contributed by atoms with van der Waals surface area (Å²) in [4.78, 5) is 12.3. The SMILES string of the molecule is COc1ccc(CC(=O)NC[C@H](OC)c2ccccc2OC)cc1OC. The van der Waals surface area contributed by atoms with Crippen molar-refractivity contribution >= 4 is 5.91 Å². The van der Waals surface area contributed by atoms with Crippen molar-refractivity contribution in [3.63, 3.8) is 0 Å². The molecule has 0 aliphatic rings. The van der Waals surface area contributed by atoms with Gasteiger partial charge >= 0.3 is 0 Å². The molecule has 1 atom stereocenters. The van der Waals surface area contributed by atoms with Crippen LogP contribution in [0, 0.1) is 0 Å². The molecule has 1 amide bonds. The van der Waals surface area contributed by atoms with Gasteiger partial charge in [-0.15, -0.1) is 0 Å². The summed E-state index contributed by atoms with van der Waals surface area (Å²) in [7, 11) is 6.36. The van der Waals surface area contributed by atoms with E-state index in [-0.39, 0.29) is 18.4 Å². The highest BCUT2D eigenvalue weighted by Gasteiger charge is 2.16. The summed E-state index contributed by atoms with van der Waals surface area (Å²) in [6.45, 7) is 0.350. The number of para-hydroxylation sites is 1. The maximum Gasteiger partial charge on any atom is 0.224 e. The number of ether oxygens (including phenoxy) is 4. The minimum atomic E-state index is -0.291. The Kier molecular flexibility index (Phi) is 7.29. The lowest BCUT2D eigenvalue weighted by Gasteiger charge is -2.19. The molecule has 6 nitrogen and oxygen atoms in total.